The van der Waals surface area contributed by atoms with Gasteiger partial charge >= 0.3 is 0 Å². The van der Waals surface area contributed by atoms with Crippen molar-refractivity contribution in [3.05, 3.63) is 54.0 Å². The molecule has 5 heteroatoms. The van der Waals surface area contributed by atoms with Crippen molar-refractivity contribution in [2.24, 2.45) is 5.10 Å². The zero-order chi connectivity index (χ0) is 14.4. The van der Waals surface area contributed by atoms with Crippen molar-refractivity contribution in [2.75, 3.05) is 0 Å². The third-order valence-corrected chi connectivity index (χ3v) is 2.39. The van der Waals surface area contributed by atoms with Crippen LogP contribution in [0.5, 0.6) is 5.75 Å². The van der Waals surface area contributed by atoms with Crippen LogP contribution < -0.4 is 10.2 Å². The van der Waals surface area contributed by atoms with Gasteiger partial charge in [-0.1, -0.05) is 6.07 Å². The highest BCUT2D eigenvalue weighted by molar-refractivity contribution is 5.95. The van der Waals surface area contributed by atoms with Crippen LogP contribution in [-0.2, 0) is 0 Å². The molecule has 2 rings (SSSR count). The Balaban J connectivity index is 1.98. The molecule has 0 saturated carbocycles. The highest BCUT2D eigenvalue weighted by Gasteiger charge is 2.06. The highest BCUT2D eigenvalue weighted by Crippen LogP contribution is 2.14. The lowest BCUT2D eigenvalue weighted by atomic mass is 10.2. The number of rotatable bonds is 5. The molecule has 1 amide bonds. The normalized spacial score (nSPS) is 10.9. The summed E-state index contributed by atoms with van der Waals surface area (Å²) < 4.78 is 10.4. The predicted molar refractivity (Wildman–Crippen MR) is 76.0 cm³/mol. The van der Waals surface area contributed by atoms with Gasteiger partial charge in [-0.25, -0.2) is 5.43 Å². The topological polar surface area (TPSA) is 63.8 Å². The molecule has 1 heterocycles. The minimum atomic E-state index is -0.293. The van der Waals surface area contributed by atoms with Gasteiger partial charge in [0.15, 0.2) is 0 Å². The molecule has 1 N–H and O–H groups in total. The van der Waals surface area contributed by atoms with Gasteiger partial charge in [0.05, 0.1) is 24.8 Å². The van der Waals surface area contributed by atoms with Gasteiger partial charge in [0.25, 0.3) is 5.91 Å². The molecule has 0 bridgehead atoms. The van der Waals surface area contributed by atoms with Gasteiger partial charge in [0.1, 0.15) is 5.75 Å². The minimum absolute atomic E-state index is 0.0624. The Labute approximate surface area is 117 Å². The molecule has 5 nitrogen and oxygen atoms in total. The van der Waals surface area contributed by atoms with E-state index in [-0.39, 0.29) is 12.0 Å². The molecule has 0 spiro atoms. The van der Waals surface area contributed by atoms with Crippen molar-refractivity contribution in [1.82, 2.24) is 5.43 Å². The fraction of sp³-hybridized carbons (Fsp3) is 0.200. The lowest BCUT2D eigenvalue weighted by Crippen LogP contribution is -2.17. The fourth-order valence-electron chi connectivity index (χ4n) is 1.56. The molecule has 0 saturated heterocycles. The Morgan fingerprint density at radius 3 is 2.95 bits per heavy atom. The van der Waals surface area contributed by atoms with Gasteiger partial charge in [-0.3, -0.25) is 4.79 Å². The Morgan fingerprint density at radius 1 is 1.40 bits per heavy atom. The molecule has 0 fully saturated rings. The first-order valence-electron chi connectivity index (χ1n) is 6.27. The standard InChI is InChI=1S/C15H16N2O3/c1-11(2)20-14-5-3-4-13(8-14)15(18)17-16-9-12-6-7-19-10-12/h3-11H,1-2H3,(H,17,18)/b16-9-. The first-order chi connectivity index (χ1) is 9.65. The number of ether oxygens (including phenoxy) is 1. The maximum absolute atomic E-state index is 11.9. The monoisotopic (exact) mass is 272 g/mol. The van der Waals surface area contributed by atoms with Gasteiger partial charge in [0.2, 0.25) is 0 Å². The molecule has 1 aromatic heterocycles. The summed E-state index contributed by atoms with van der Waals surface area (Å²) in [7, 11) is 0. The summed E-state index contributed by atoms with van der Waals surface area (Å²) in [5.74, 6) is 0.366. The molecular weight excluding hydrogens is 256 g/mol. The van der Waals surface area contributed by atoms with Crippen LogP contribution in [-0.4, -0.2) is 18.2 Å². The van der Waals surface area contributed by atoms with E-state index in [4.69, 9.17) is 9.15 Å². The molecule has 20 heavy (non-hydrogen) atoms. The number of hydrazone groups is 1. The summed E-state index contributed by atoms with van der Waals surface area (Å²) in [6.45, 7) is 3.86. The summed E-state index contributed by atoms with van der Waals surface area (Å²) >= 11 is 0. The maximum atomic E-state index is 11.9. The van der Waals surface area contributed by atoms with Crippen molar-refractivity contribution in [3.8, 4) is 5.75 Å². The summed E-state index contributed by atoms with van der Waals surface area (Å²) in [5, 5.41) is 3.86. The van der Waals surface area contributed by atoms with E-state index in [1.807, 2.05) is 19.9 Å². The van der Waals surface area contributed by atoms with Crippen molar-refractivity contribution in [3.63, 3.8) is 0 Å². The molecule has 0 aliphatic rings. The Bertz CT molecular complexity index is 589. The molecule has 0 aliphatic heterocycles. The number of hydrogen-bond donors (Lipinski definition) is 1. The van der Waals surface area contributed by atoms with Crippen molar-refractivity contribution >= 4 is 12.1 Å². The second kappa shape index (κ2) is 6.56. The smallest absolute Gasteiger partial charge is 0.271 e. The van der Waals surface area contributed by atoms with Crippen molar-refractivity contribution < 1.29 is 13.9 Å². The van der Waals surface area contributed by atoms with Gasteiger partial charge in [-0.15, -0.1) is 0 Å². The fourth-order valence-corrected chi connectivity index (χ4v) is 1.56. The van der Waals surface area contributed by atoms with E-state index in [0.717, 1.165) is 5.56 Å². The van der Waals surface area contributed by atoms with E-state index in [1.165, 1.54) is 18.7 Å². The first-order valence-corrected chi connectivity index (χ1v) is 6.27. The maximum Gasteiger partial charge on any atom is 0.271 e. The van der Waals surface area contributed by atoms with E-state index < -0.39 is 0 Å². The molecule has 0 radical (unpaired) electrons. The lowest BCUT2D eigenvalue weighted by molar-refractivity contribution is 0.0954. The summed E-state index contributed by atoms with van der Waals surface area (Å²) in [4.78, 5) is 11.9. The van der Waals surface area contributed by atoms with Gasteiger partial charge in [-0.2, -0.15) is 5.10 Å². The van der Waals surface area contributed by atoms with Crippen LogP contribution in [0.25, 0.3) is 0 Å². The van der Waals surface area contributed by atoms with Gasteiger partial charge in [0, 0.05) is 11.1 Å². The number of benzene rings is 1. The molecule has 104 valence electrons. The number of carbonyl (C=O) groups excluding carboxylic acids is 1. The van der Waals surface area contributed by atoms with Crippen molar-refractivity contribution in [1.29, 1.82) is 0 Å². The van der Waals surface area contributed by atoms with Gasteiger partial charge in [-0.05, 0) is 38.1 Å². The van der Waals surface area contributed by atoms with E-state index in [2.05, 4.69) is 10.5 Å². The van der Waals surface area contributed by atoms with E-state index >= 15 is 0 Å². The zero-order valence-corrected chi connectivity index (χ0v) is 11.4. The second-order valence-corrected chi connectivity index (χ2v) is 4.45. The van der Waals surface area contributed by atoms with Crippen LogP contribution in [0.4, 0.5) is 0 Å². The summed E-state index contributed by atoms with van der Waals surface area (Å²) in [6.07, 6.45) is 4.64. The van der Waals surface area contributed by atoms with Crippen LogP contribution in [0.1, 0.15) is 29.8 Å². The molecular formula is C15H16N2O3. The third-order valence-electron chi connectivity index (χ3n) is 2.39. The average Bonchev–Trinajstić information content (AvgIpc) is 2.91. The number of carbonyl (C=O) groups is 1. The number of hydrogen-bond acceptors (Lipinski definition) is 4. The van der Waals surface area contributed by atoms with Crippen LogP contribution >= 0.6 is 0 Å². The Hall–Kier alpha value is -2.56. The average molecular weight is 272 g/mol. The first kappa shape index (κ1) is 13.9. The molecule has 1 aromatic carbocycles. The zero-order valence-electron chi connectivity index (χ0n) is 11.4. The SMILES string of the molecule is CC(C)Oc1cccc(C(=O)N/N=C\c2ccoc2)c1. The third kappa shape index (κ3) is 3.98. The van der Waals surface area contributed by atoms with Crippen LogP contribution in [0.2, 0.25) is 0 Å². The molecule has 0 atom stereocenters. The predicted octanol–water partition coefficient (Wildman–Crippen LogP) is 2.83. The van der Waals surface area contributed by atoms with Crippen LogP contribution in [0, 0.1) is 0 Å². The Morgan fingerprint density at radius 2 is 2.25 bits per heavy atom. The number of amides is 1. The largest absolute Gasteiger partial charge is 0.491 e. The van der Waals surface area contributed by atoms with Crippen LogP contribution in [0.3, 0.4) is 0 Å². The number of nitrogens with one attached hydrogen (secondary N) is 1. The highest BCUT2D eigenvalue weighted by atomic mass is 16.5. The molecule has 0 unspecified atom stereocenters. The summed E-state index contributed by atoms with van der Waals surface area (Å²) in [6, 6.07) is 8.71. The van der Waals surface area contributed by atoms with E-state index in [9.17, 15) is 4.79 Å². The van der Waals surface area contributed by atoms with E-state index in [0.29, 0.717) is 11.3 Å². The molecule has 0 aliphatic carbocycles. The van der Waals surface area contributed by atoms with Crippen LogP contribution in [0.15, 0.2) is 52.4 Å². The molecule has 2 aromatic rings. The van der Waals surface area contributed by atoms with E-state index in [1.54, 1.807) is 24.3 Å². The summed E-state index contributed by atoms with van der Waals surface area (Å²) in [5.41, 5.74) is 3.72. The number of furan rings is 1. The quantitative estimate of drug-likeness (QED) is 0.672. The van der Waals surface area contributed by atoms with Crippen molar-refractivity contribution in [2.45, 2.75) is 20.0 Å². The van der Waals surface area contributed by atoms with Gasteiger partial charge < -0.3 is 9.15 Å². The second-order valence-electron chi connectivity index (χ2n) is 4.45. The number of nitrogens with zero attached hydrogens (tertiary/aromatic N) is 1. The Kier molecular flexibility index (Phi) is 4.55. The lowest BCUT2D eigenvalue weighted by Gasteiger charge is -2.10. The minimum Gasteiger partial charge on any atom is -0.491 e.